The summed E-state index contributed by atoms with van der Waals surface area (Å²) < 4.78 is 0.403. The Morgan fingerprint density at radius 3 is 2.55 bits per heavy atom. The zero-order chi connectivity index (χ0) is 14.7. The minimum absolute atomic E-state index is 0.0491. The molecular formula is C13H15BrN2O4. The predicted molar refractivity (Wildman–Crippen MR) is 76.5 cm³/mol. The second-order valence-electron chi connectivity index (χ2n) is 4.90. The number of aliphatic hydroxyl groups excluding tert-OH is 1. The normalized spacial score (nSPS) is 22.3. The second kappa shape index (κ2) is 6.32. The van der Waals surface area contributed by atoms with Crippen LogP contribution < -0.4 is 5.32 Å². The summed E-state index contributed by atoms with van der Waals surface area (Å²) in [5.74, 6) is -0.256. The second-order valence-corrected chi connectivity index (χ2v) is 5.75. The molecule has 2 rings (SSSR count). The molecule has 0 unspecified atom stereocenters. The Morgan fingerprint density at radius 1 is 1.35 bits per heavy atom. The Kier molecular flexibility index (Phi) is 4.72. The van der Waals surface area contributed by atoms with Gasteiger partial charge in [-0.25, -0.2) is 0 Å². The van der Waals surface area contributed by atoms with E-state index in [2.05, 4.69) is 21.2 Å². The third kappa shape index (κ3) is 3.55. The van der Waals surface area contributed by atoms with Gasteiger partial charge in [-0.15, -0.1) is 0 Å². The Hall–Kier alpha value is -1.47. The predicted octanol–water partition coefficient (Wildman–Crippen LogP) is 2.39. The van der Waals surface area contributed by atoms with Crippen molar-refractivity contribution in [3.05, 3.63) is 38.3 Å². The lowest BCUT2D eigenvalue weighted by Crippen LogP contribution is -2.38. The van der Waals surface area contributed by atoms with Crippen molar-refractivity contribution in [3.63, 3.8) is 0 Å². The van der Waals surface area contributed by atoms with Gasteiger partial charge in [0.05, 0.1) is 16.6 Å². The van der Waals surface area contributed by atoms with Gasteiger partial charge in [-0.05, 0) is 47.7 Å². The molecule has 0 atom stereocenters. The Balaban J connectivity index is 2.04. The van der Waals surface area contributed by atoms with Gasteiger partial charge in [0.1, 0.15) is 0 Å². The Bertz CT molecular complexity index is 527. The summed E-state index contributed by atoms with van der Waals surface area (Å²) in [6.07, 6.45) is 2.60. The molecule has 0 saturated heterocycles. The van der Waals surface area contributed by atoms with Crippen LogP contribution in [-0.4, -0.2) is 28.1 Å². The fourth-order valence-electron chi connectivity index (χ4n) is 2.29. The van der Waals surface area contributed by atoms with Crippen LogP contribution in [0.5, 0.6) is 0 Å². The average molecular weight is 343 g/mol. The summed E-state index contributed by atoms with van der Waals surface area (Å²) >= 11 is 3.19. The van der Waals surface area contributed by atoms with E-state index in [1.807, 2.05) is 0 Å². The van der Waals surface area contributed by atoms with E-state index in [-0.39, 0.29) is 23.7 Å². The number of rotatable bonds is 3. The van der Waals surface area contributed by atoms with E-state index in [0.29, 0.717) is 22.9 Å². The van der Waals surface area contributed by atoms with Gasteiger partial charge in [0, 0.05) is 22.6 Å². The highest BCUT2D eigenvalue weighted by Gasteiger charge is 2.22. The lowest BCUT2D eigenvalue weighted by Gasteiger charge is -2.26. The number of nitrogens with zero attached hydrogens (tertiary/aromatic N) is 1. The van der Waals surface area contributed by atoms with Crippen LogP contribution in [-0.2, 0) is 0 Å². The summed E-state index contributed by atoms with van der Waals surface area (Å²) in [5, 5.41) is 23.0. The fraction of sp³-hybridized carbons (Fsp3) is 0.462. The number of carbonyl (C=O) groups is 1. The molecule has 1 fully saturated rings. The summed E-state index contributed by atoms with van der Waals surface area (Å²) in [7, 11) is 0. The summed E-state index contributed by atoms with van der Waals surface area (Å²) in [5.41, 5.74) is 0.316. The quantitative estimate of drug-likeness (QED) is 0.651. The highest BCUT2D eigenvalue weighted by atomic mass is 79.9. The molecule has 1 aliphatic rings. The number of nitro benzene ring substituents is 1. The van der Waals surface area contributed by atoms with Crippen molar-refractivity contribution in [2.75, 3.05) is 0 Å². The number of nitro groups is 1. The number of nitrogens with one attached hydrogen (secondary N) is 1. The van der Waals surface area contributed by atoms with Crippen LogP contribution in [0.1, 0.15) is 36.0 Å². The minimum atomic E-state index is -0.505. The topological polar surface area (TPSA) is 92.5 Å². The average Bonchev–Trinajstić information content (AvgIpc) is 2.41. The van der Waals surface area contributed by atoms with Crippen LogP contribution in [0.25, 0.3) is 0 Å². The molecule has 7 heteroatoms. The molecule has 0 aliphatic heterocycles. The molecule has 6 nitrogen and oxygen atoms in total. The van der Waals surface area contributed by atoms with E-state index < -0.39 is 4.92 Å². The number of halogens is 1. The molecule has 1 aromatic carbocycles. The molecule has 1 aliphatic carbocycles. The van der Waals surface area contributed by atoms with Gasteiger partial charge in [-0.1, -0.05) is 0 Å². The van der Waals surface area contributed by atoms with Gasteiger partial charge in [-0.3, -0.25) is 14.9 Å². The first-order chi connectivity index (χ1) is 9.47. The van der Waals surface area contributed by atoms with E-state index in [1.54, 1.807) is 0 Å². The fourth-order valence-corrected chi connectivity index (χ4v) is 2.83. The van der Waals surface area contributed by atoms with Crippen LogP contribution in [0.15, 0.2) is 22.7 Å². The van der Waals surface area contributed by atoms with E-state index in [4.69, 9.17) is 0 Å². The zero-order valence-corrected chi connectivity index (χ0v) is 12.3. The van der Waals surface area contributed by atoms with E-state index in [0.717, 1.165) is 12.8 Å². The standard InChI is InChI=1S/C13H15BrN2O4/c14-12-7-9(16(19)20)3-6-11(12)13(18)15-8-1-4-10(17)5-2-8/h3,6-8,10,17H,1-2,4-5H2,(H,15,18). The SMILES string of the molecule is O=C(NC1CCC(O)CC1)c1ccc([N+](=O)[O-])cc1Br. The smallest absolute Gasteiger partial charge is 0.270 e. The Labute approximate surface area is 124 Å². The van der Waals surface area contributed by atoms with Gasteiger partial charge in [-0.2, -0.15) is 0 Å². The van der Waals surface area contributed by atoms with Crippen LogP contribution in [0, 0.1) is 10.1 Å². The molecule has 1 saturated carbocycles. The summed E-state index contributed by atoms with van der Waals surface area (Å²) in [6.45, 7) is 0. The number of non-ortho nitro benzene ring substituents is 1. The number of amides is 1. The lowest BCUT2D eigenvalue weighted by molar-refractivity contribution is -0.384. The maximum atomic E-state index is 12.1. The number of hydrogen-bond donors (Lipinski definition) is 2. The third-order valence-electron chi connectivity index (χ3n) is 3.44. The molecule has 108 valence electrons. The lowest BCUT2D eigenvalue weighted by atomic mass is 9.93. The molecule has 0 radical (unpaired) electrons. The first kappa shape index (κ1) is 14.9. The van der Waals surface area contributed by atoms with Gasteiger partial charge >= 0.3 is 0 Å². The first-order valence-corrected chi connectivity index (χ1v) is 7.19. The third-order valence-corrected chi connectivity index (χ3v) is 4.10. The Morgan fingerprint density at radius 2 is 2.00 bits per heavy atom. The summed E-state index contributed by atoms with van der Waals surface area (Å²) in [6, 6.07) is 4.12. The van der Waals surface area contributed by atoms with Gasteiger partial charge in [0.2, 0.25) is 0 Å². The highest BCUT2D eigenvalue weighted by Crippen LogP contribution is 2.24. The molecule has 1 amide bonds. The molecule has 2 N–H and O–H groups in total. The number of benzene rings is 1. The van der Waals surface area contributed by atoms with Crippen molar-refractivity contribution in [2.24, 2.45) is 0 Å². The highest BCUT2D eigenvalue weighted by molar-refractivity contribution is 9.10. The van der Waals surface area contributed by atoms with E-state index in [1.165, 1.54) is 18.2 Å². The van der Waals surface area contributed by atoms with Gasteiger partial charge < -0.3 is 10.4 Å². The zero-order valence-electron chi connectivity index (χ0n) is 10.7. The maximum Gasteiger partial charge on any atom is 0.270 e. The van der Waals surface area contributed by atoms with Crippen LogP contribution in [0.3, 0.4) is 0 Å². The number of carbonyl (C=O) groups excluding carboxylic acids is 1. The van der Waals surface area contributed by atoms with Gasteiger partial charge in [0.15, 0.2) is 0 Å². The summed E-state index contributed by atoms with van der Waals surface area (Å²) in [4.78, 5) is 22.3. The number of aliphatic hydroxyl groups is 1. The van der Waals surface area contributed by atoms with E-state index in [9.17, 15) is 20.0 Å². The van der Waals surface area contributed by atoms with Gasteiger partial charge in [0.25, 0.3) is 11.6 Å². The molecule has 0 bridgehead atoms. The van der Waals surface area contributed by atoms with Crippen molar-refractivity contribution in [3.8, 4) is 0 Å². The van der Waals surface area contributed by atoms with Crippen molar-refractivity contribution < 1.29 is 14.8 Å². The first-order valence-electron chi connectivity index (χ1n) is 6.40. The van der Waals surface area contributed by atoms with Crippen molar-refractivity contribution in [1.82, 2.24) is 5.32 Å². The molecule has 0 heterocycles. The minimum Gasteiger partial charge on any atom is -0.393 e. The van der Waals surface area contributed by atoms with Crippen molar-refractivity contribution >= 4 is 27.5 Å². The maximum absolute atomic E-state index is 12.1. The van der Waals surface area contributed by atoms with Crippen LogP contribution in [0.4, 0.5) is 5.69 Å². The molecule has 0 spiro atoms. The van der Waals surface area contributed by atoms with E-state index >= 15 is 0 Å². The molecule has 20 heavy (non-hydrogen) atoms. The molecule has 1 aromatic rings. The van der Waals surface area contributed by atoms with Crippen molar-refractivity contribution in [1.29, 1.82) is 0 Å². The molecule has 0 aromatic heterocycles. The van der Waals surface area contributed by atoms with Crippen LogP contribution >= 0.6 is 15.9 Å². The largest absolute Gasteiger partial charge is 0.393 e. The van der Waals surface area contributed by atoms with Crippen molar-refractivity contribution in [2.45, 2.75) is 37.8 Å². The monoisotopic (exact) mass is 342 g/mol. The number of hydrogen-bond acceptors (Lipinski definition) is 4. The van der Waals surface area contributed by atoms with Crippen LogP contribution in [0.2, 0.25) is 0 Å². The molecular weight excluding hydrogens is 328 g/mol.